The minimum Gasteiger partial charge on any atom is -0.478 e. The molecule has 90 heavy (non-hydrogen) atoms. The summed E-state index contributed by atoms with van der Waals surface area (Å²) in [4.78, 5) is 124. The summed E-state index contributed by atoms with van der Waals surface area (Å²) in [5, 5.41) is 24.9. The smallest absolute Gasteiger partial charge is 0.331 e. The molecular formula is C70H89N9O11. The van der Waals surface area contributed by atoms with E-state index in [2.05, 4.69) is 38.4 Å². The van der Waals surface area contributed by atoms with E-state index in [1.807, 2.05) is 133 Å². The van der Waals surface area contributed by atoms with E-state index in [4.69, 9.17) is 10.5 Å². The summed E-state index contributed by atoms with van der Waals surface area (Å²) in [6.07, 6.45) is 3.43. The Morgan fingerprint density at radius 2 is 1.44 bits per heavy atom. The number of primary amides is 1. The van der Waals surface area contributed by atoms with Gasteiger partial charge in [-0.25, -0.2) is 9.59 Å². The third-order valence-electron chi connectivity index (χ3n) is 16.5. The number of rotatable bonds is 28. The lowest BCUT2D eigenvalue weighted by molar-refractivity contribution is -0.144. The third kappa shape index (κ3) is 18.3. The number of hydrogen-bond donors (Lipinski definition) is 7. The Balaban J connectivity index is 1.07. The predicted molar refractivity (Wildman–Crippen MR) is 348 cm³/mol. The summed E-state index contributed by atoms with van der Waals surface area (Å²) in [7, 11) is 5.21. The number of fused-ring (bicyclic) bond motifs is 3. The number of carbonyl (C=O) groups excluding carboxylic acids is 8. The molecule has 5 atom stereocenters. The molecule has 8 N–H and O–H groups in total. The lowest BCUT2D eigenvalue weighted by atomic mass is 9.76. The molecule has 6 rings (SSSR count). The number of likely N-dealkylation sites (N-methyl/N-ethyl adjacent to an activating group) is 2. The highest BCUT2D eigenvalue weighted by Gasteiger charge is 2.43. The van der Waals surface area contributed by atoms with Gasteiger partial charge in [-0.2, -0.15) is 0 Å². The lowest BCUT2D eigenvalue weighted by Crippen LogP contribution is -2.61. The molecule has 1 aromatic heterocycles. The largest absolute Gasteiger partial charge is 0.478 e. The van der Waals surface area contributed by atoms with E-state index in [1.165, 1.54) is 11.8 Å². The average molecular weight is 1230 g/mol. The molecule has 1 aliphatic rings. The van der Waals surface area contributed by atoms with Crippen molar-refractivity contribution in [3.05, 3.63) is 142 Å². The van der Waals surface area contributed by atoms with E-state index < -0.39 is 76.6 Å². The molecule has 7 amide bonds. The van der Waals surface area contributed by atoms with Crippen LogP contribution in [-0.4, -0.2) is 113 Å². The quantitative estimate of drug-likeness (QED) is 0.0108. The number of ether oxygens (including phenoxy) is 1. The predicted octanol–water partition coefficient (Wildman–Crippen LogP) is 8.20. The zero-order chi connectivity index (χ0) is 66.4. The number of urea groups is 1. The Bertz CT molecular complexity index is 3570. The Morgan fingerprint density at radius 1 is 0.800 bits per heavy atom. The molecule has 20 nitrogen and oxygen atoms in total. The van der Waals surface area contributed by atoms with Gasteiger partial charge in [0.2, 0.25) is 29.5 Å². The van der Waals surface area contributed by atoms with Crippen molar-refractivity contribution in [2.75, 3.05) is 30.9 Å². The number of carboxylic acids is 1. The van der Waals surface area contributed by atoms with Crippen LogP contribution in [0, 0.1) is 35.0 Å². The van der Waals surface area contributed by atoms with E-state index in [1.54, 1.807) is 63.2 Å². The van der Waals surface area contributed by atoms with Crippen molar-refractivity contribution in [1.29, 1.82) is 0 Å². The van der Waals surface area contributed by atoms with Gasteiger partial charge in [0.1, 0.15) is 12.6 Å². The van der Waals surface area contributed by atoms with E-state index in [9.17, 15) is 48.3 Å². The van der Waals surface area contributed by atoms with Crippen LogP contribution in [-0.2, 0) is 75.1 Å². The highest BCUT2D eigenvalue weighted by Crippen LogP contribution is 2.36. The Morgan fingerprint density at radius 3 is 2.08 bits per heavy atom. The summed E-state index contributed by atoms with van der Waals surface area (Å²) in [6, 6.07) is 23.3. The van der Waals surface area contributed by atoms with Gasteiger partial charge >= 0.3 is 18.0 Å². The summed E-state index contributed by atoms with van der Waals surface area (Å²) in [6.45, 7) is 18.7. The second-order valence-electron chi connectivity index (χ2n) is 25.6. The highest BCUT2D eigenvalue weighted by atomic mass is 16.5. The van der Waals surface area contributed by atoms with E-state index in [-0.39, 0.29) is 86.8 Å². The van der Waals surface area contributed by atoms with Crippen molar-refractivity contribution in [2.45, 2.75) is 150 Å². The number of carboxylic acid groups (broad SMARTS) is 1. The Kier molecular flexibility index (Phi) is 24.0. The summed E-state index contributed by atoms with van der Waals surface area (Å²) in [5.41, 5.74) is 10.2. The second-order valence-corrected chi connectivity index (χ2v) is 25.6. The van der Waals surface area contributed by atoms with E-state index >= 15 is 0 Å². The minimum absolute atomic E-state index is 0.0628. The van der Waals surface area contributed by atoms with Gasteiger partial charge in [-0.3, -0.25) is 33.6 Å². The SMILES string of the molecule is CN[C@@H](C(=O)N[C@H](C(=O)N(C)[C@H](/C=C(\C)C(=O)O)C(C)C)C(C)(C)C)C(C)(C)c1cn(C)c2ccc(CC(=O)OCc3ccc(NC(=O)[C@H](CCCNC(N)=O)CC(=O)[C@@H](NC(=O)CCC(=O)N4Cc5ccccc5C#Cc5ccccc54)C(C)C)cc3)cc12. The van der Waals surface area contributed by atoms with Crippen LogP contribution in [0.3, 0.4) is 0 Å². The number of esters is 1. The van der Waals surface area contributed by atoms with Gasteiger partial charge in [0.05, 0.1) is 36.8 Å². The molecule has 1 aliphatic heterocycles. The third-order valence-corrected chi connectivity index (χ3v) is 16.5. The maximum Gasteiger partial charge on any atom is 0.331 e. The molecule has 0 aliphatic carbocycles. The van der Waals surface area contributed by atoms with Gasteiger partial charge in [-0.1, -0.05) is 129 Å². The Labute approximate surface area is 528 Å². The van der Waals surface area contributed by atoms with Crippen LogP contribution in [0.25, 0.3) is 10.9 Å². The van der Waals surface area contributed by atoms with Crippen LogP contribution < -0.4 is 37.2 Å². The number of Topliss-reactive ketones (excluding diaryl/α,β-unsaturated/α-hetero) is 1. The number of amides is 7. The van der Waals surface area contributed by atoms with Crippen LogP contribution in [0.4, 0.5) is 16.2 Å². The zero-order valence-electron chi connectivity index (χ0n) is 54.2. The number of hydrogen-bond acceptors (Lipinski definition) is 11. The van der Waals surface area contributed by atoms with E-state index in [0.717, 1.165) is 27.6 Å². The van der Waals surface area contributed by atoms with Gasteiger partial charge in [-0.05, 0) is 109 Å². The summed E-state index contributed by atoms with van der Waals surface area (Å²) >= 11 is 0. The molecule has 4 aromatic carbocycles. The highest BCUT2D eigenvalue weighted by molar-refractivity contribution is 6.00. The fourth-order valence-electron chi connectivity index (χ4n) is 11.3. The fraction of sp³-hybridized carbons (Fsp3) is 0.443. The standard InChI is InChI=1S/C70H89N9O11/c1-42(2)56(35-44(5)67(87)88)78(13)66(86)63(69(6,7)8)76-65(85)62(72-11)70(9,10)53-40-77(12)55-31-26-46(36-52(53)55)37-60(83)90-41-45-24-29-51(30-25-45)74-64(84)49(22-18-34-73-68(71)89)38-57(80)61(43(3)4)75-58(81)32-33-59(82)79-39-50-21-15-14-19-47(50)27-28-48-20-16-17-23-54(48)79/h14-17,19-21,23-26,29-31,35-36,40,42-43,49,56,61-63,72H,18,22,32-34,37-39,41H2,1-13H3,(H,74,84)(H,75,81)(H,76,85)(H,87,88)(H3,71,73,89)/b44-35+/t49-,56-,61+,62+,63-/m1/s1. The fourth-order valence-corrected chi connectivity index (χ4v) is 11.3. The van der Waals surface area contributed by atoms with Crippen molar-refractivity contribution in [1.82, 2.24) is 30.7 Å². The number of aryl methyl sites for hydroxylation is 1. The molecule has 0 saturated heterocycles. The number of aromatic nitrogens is 1. The first kappa shape index (κ1) is 70.0. The number of carbonyl (C=O) groups is 9. The topological polar surface area (TPSA) is 281 Å². The maximum absolute atomic E-state index is 14.5. The molecule has 0 fully saturated rings. The number of nitrogens with one attached hydrogen (secondary N) is 5. The maximum atomic E-state index is 14.5. The molecule has 20 heteroatoms. The minimum atomic E-state index is -1.08. The number of benzene rings is 4. The lowest BCUT2D eigenvalue weighted by Gasteiger charge is -2.39. The molecule has 0 bridgehead atoms. The number of ketones is 1. The second kappa shape index (κ2) is 30.9. The molecule has 0 spiro atoms. The van der Waals surface area contributed by atoms with Crippen LogP contribution in [0.15, 0.2) is 109 Å². The first-order valence-corrected chi connectivity index (χ1v) is 30.6. The monoisotopic (exact) mass is 1230 g/mol. The zero-order valence-corrected chi connectivity index (χ0v) is 54.2. The van der Waals surface area contributed by atoms with Gasteiger partial charge < -0.3 is 56.5 Å². The number of para-hydroxylation sites is 1. The van der Waals surface area contributed by atoms with Crippen LogP contribution in [0.2, 0.25) is 0 Å². The number of anilines is 2. The number of nitrogens with two attached hydrogens (primary N) is 1. The molecule has 0 unspecified atom stereocenters. The van der Waals surface area contributed by atoms with Crippen molar-refractivity contribution in [2.24, 2.45) is 36.0 Å². The van der Waals surface area contributed by atoms with Crippen molar-refractivity contribution in [3.8, 4) is 11.8 Å². The molecule has 480 valence electrons. The first-order valence-electron chi connectivity index (χ1n) is 30.6. The summed E-state index contributed by atoms with van der Waals surface area (Å²) < 4.78 is 7.69. The first-order chi connectivity index (χ1) is 42.4. The van der Waals surface area contributed by atoms with Crippen LogP contribution >= 0.6 is 0 Å². The van der Waals surface area contributed by atoms with Gasteiger partial charge in [0.25, 0.3) is 0 Å². The van der Waals surface area contributed by atoms with Crippen molar-refractivity contribution in [3.63, 3.8) is 0 Å². The van der Waals surface area contributed by atoms with Crippen molar-refractivity contribution >= 4 is 75.6 Å². The molecular weight excluding hydrogens is 1140 g/mol. The Hall–Kier alpha value is -9.09. The van der Waals surface area contributed by atoms with Gasteiger partial charge in [0, 0.05) is 90.7 Å². The summed E-state index contributed by atoms with van der Waals surface area (Å²) in [5.74, 6) is 1.07. The molecule has 0 radical (unpaired) electrons. The number of aliphatic carboxylic acids is 1. The normalized spacial score (nSPS) is 14.0. The number of nitrogens with zero attached hydrogens (tertiary/aromatic N) is 3. The van der Waals surface area contributed by atoms with Crippen LogP contribution in [0.5, 0.6) is 0 Å². The van der Waals surface area contributed by atoms with Gasteiger partial charge in [0.15, 0.2) is 5.78 Å². The van der Waals surface area contributed by atoms with Crippen molar-refractivity contribution < 1.29 is 53.0 Å². The molecule has 0 saturated carbocycles. The van der Waals surface area contributed by atoms with Crippen LogP contribution in [0.1, 0.15) is 135 Å². The molecule has 5 aromatic rings. The van der Waals surface area contributed by atoms with Gasteiger partial charge in [-0.15, -0.1) is 0 Å². The molecule has 2 heterocycles. The van der Waals surface area contributed by atoms with E-state index in [0.29, 0.717) is 34.5 Å². The average Bonchev–Trinajstić information content (AvgIpc) is 1.57.